The minimum absolute atomic E-state index is 0.407. The zero-order chi connectivity index (χ0) is 10.2. The van der Waals surface area contributed by atoms with Gasteiger partial charge in [-0.15, -0.1) is 0 Å². The zero-order valence-corrected chi connectivity index (χ0v) is 8.53. The van der Waals surface area contributed by atoms with Gasteiger partial charge in [0.25, 0.3) is 0 Å². The van der Waals surface area contributed by atoms with E-state index in [1.807, 2.05) is 31.2 Å². The van der Waals surface area contributed by atoms with E-state index in [1.54, 1.807) is 0 Å². The van der Waals surface area contributed by atoms with Gasteiger partial charge in [-0.2, -0.15) is 0 Å². The quantitative estimate of drug-likeness (QED) is 0.704. The van der Waals surface area contributed by atoms with Gasteiger partial charge in [0.2, 0.25) is 0 Å². The predicted molar refractivity (Wildman–Crippen MR) is 57.8 cm³/mol. The zero-order valence-electron chi connectivity index (χ0n) is 8.53. The first-order valence-corrected chi connectivity index (χ1v) is 5.19. The first kappa shape index (κ1) is 9.53. The van der Waals surface area contributed by atoms with Crippen molar-refractivity contribution in [1.82, 2.24) is 0 Å². The molecular formula is C12H17NO. The molecule has 1 unspecified atom stereocenters. The molecule has 0 radical (unpaired) electrons. The molecular weight excluding hydrogens is 174 g/mol. The van der Waals surface area contributed by atoms with Gasteiger partial charge in [0, 0.05) is 5.69 Å². The summed E-state index contributed by atoms with van der Waals surface area (Å²) in [4.78, 5) is 0. The third kappa shape index (κ3) is 1.50. The van der Waals surface area contributed by atoms with Crippen molar-refractivity contribution in [3.05, 3.63) is 29.8 Å². The lowest BCUT2D eigenvalue weighted by Gasteiger charge is -2.39. The number of aliphatic hydroxyl groups is 1. The Morgan fingerprint density at radius 2 is 2.14 bits per heavy atom. The second kappa shape index (κ2) is 3.28. The van der Waals surface area contributed by atoms with Crippen molar-refractivity contribution in [3.63, 3.8) is 0 Å². The Morgan fingerprint density at radius 1 is 1.43 bits per heavy atom. The first-order chi connectivity index (χ1) is 6.60. The van der Waals surface area contributed by atoms with Gasteiger partial charge in [-0.05, 0) is 43.4 Å². The molecule has 2 nitrogen and oxygen atoms in total. The third-order valence-electron chi connectivity index (χ3n) is 3.37. The summed E-state index contributed by atoms with van der Waals surface area (Å²) < 4.78 is 0. The molecule has 0 aromatic heterocycles. The molecule has 1 aromatic rings. The van der Waals surface area contributed by atoms with Crippen LogP contribution in [-0.4, -0.2) is 5.11 Å². The molecule has 0 amide bonds. The van der Waals surface area contributed by atoms with Gasteiger partial charge in [0.05, 0.1) is 5.60 Å². The summed E-state index contributed by atoms with van der Waals surface area (Å²) in [6, 6.07) is 7.57. The molecule has 0 spiro atoms. The van der Waals surface area contributed by atoms with Crippen LogP contribution in [0.5, 0.6) is 0 Å². The highest BCUT2D eigenvalue weighted by Gasteiger charge is 2.37. The van der Waals surface area contributed by atoms with E-state index in [9.17, 15) is 5.11 Å². The van der Waals surface area contributed by atoms with E-state index >= 15 is 0 Å². The molecule has 3 N–H and O–H groups in total. The average Bonchev–Trinajstić information content (AvgIpc) is 2.00. The largest absolute Gasteiger partial charge is 0.399 e. The Hall–Kier alpha value is -1.02. The van der Waals surface area contributed by atoms with Crippen LogP contribution in [0, 0.1) is 5.92 Å². The second-order valence-corrected chi connectivity index (χ2v) is 4.40. The number of hydrogen-bond donors (Lipinski definition) is 2. The summed E-state index contributed by atoms with van der Waals surface area (Å²) in [6.45, 7) is 1.89. The topological polar surface area (TPSA) is 46.2 Å². The standard InChI is InChI=1S/C12H17NO/c1-12(14,9-4-2-5-9)10-6-3-7-11(13)8-10/h3,6-9,14H,2,4-5,13H2,1H3. The smallest absolute Gasteiger partial charge is 0.0897 e. The molecule has 0 aliphatic heterocycles. The van der Waals surface area contributed by atoms with Gasteiger partial charge in [-0.1, -0.05) is 18.6 Å². The second-order valence-electron chi connectivity index (χ2n) is 4.40. The highest BCUT2D eigenvalue weighted by atomic mass is 16.3. The summed E-state index contributed by atoms with van der Waals surface area (Å²) in [5.41, 5.74) is 6.67. The Balaban J connectivity index is 2.28. The summed E-state index contributed by atoms with van der Waals surface area (Å²) in [5.74, 6) is 0.407. The maximum Gasteiger partial charge on any atom is 0.0897 e. The molecule has 1 atom stereocenters. The average molecular weight is 191 g/mol. The number of nitrogens with two attached hydrogens (primary N) is 1. The van der Waals surface area contributed by atoms with Crippen LogP contribution in [0.4, 0.5) is 5.69 Å². The van der Waals surface area contributed by atoms with Gasteiger partial charge >= 0.3 is 0 Å². The molecule has 0 saturated heterocycles. The van der Waals surface area contributed by atoms with Crippen molar-refractivity contribution >= 4 is 5.69 Å². The van der Waals surface area contributed by atoms with Crippen LogP contribution in [0.15, 0.2) is 24.3 Å². The SMILES string of the molecule is CC(O)(c1cccc(N)c1)C1CCC1. The molecule has 2 rings (SSSR count). The molecule has 1 fully saturated rings. The summed E-state index contributed by atoms with van der Waals surface area (Å²) >= 11 is 0. The van der Waals surface area contributed by atoms with E-state index in [0.717, 1.165) is 24.1 Å². The minimum atomic E-state index is -0.701. The molecule has 14 heavy (non-hydrogen) atoms. The predicted octanol–water partition coefficient (Wildman–Crippen LogP) is 2.28. The molecule has 1 saturated carbocycles. The van der Waals surface area contributed by atoms with Gasteiger partial charge in [-0.3, -0.25) is 0 Å². The van der Waals surface area contributed by atoms with Crippen LogP contribution < -0.4 is 5.73 Å². The lowest BCUT2D eigenvalue weighted by atomic mass is 9.71. The van der Waals surface area contributed by atoms with E-state index in [1.165, 1.54) is 6.42 Å². The van der Waals surface area contributed by atoms with Crippen molar-refractivity contribution in [2.45, 2.75) is 31.8 Å². The van der Waals surface area contributed by atoms with Crippen molar-refractivity contribution in [3.8, 4) is 0 Å². The van der Waals surface area contributed by atoms with Gasteiger partial charge in [0.1, 0.15) is 0 Å². The highest BCUT2D eigenvalue weighted by Crippen LogP contribution is 2.42. The molecule has 2 heteroatoms. The van der Waals surface area contributed by atoms with Gasteiger partial charge in [-0.25, -0.2) is 0 Å². The maximum absolute atomic E-state index is 10.4. The number of rotatable bonds is 2. The summed E-state index contributed by atoms with van der Waals surface area (Å²) in [6.07, 6.45) is 3.49. The van der Waals surface area contributed by atoms with Crippen LogP contribution in [0.25, 0.3) is 0 Å². The molecule has 0 bridgehead atoms. The minimum Gasteiger partial charge on any atom is -0.399 e. The maximum atomic E-state index is 10.4. The monoisotopic (exact) mass is 191 g/mol. The van der Waals surface area contributed by atoms with Crippen LogP contribution in [0.1, 0.15) is 31.7 Å². The number of nitrogen functional groups attached to an aromatic ring is 1. The number of benzene rings is 1. The van der Waals surface area contributed by atoms with Crippen LogP contribution >= 0.6 is 0 Å². The van der Waals surface area contributed by atoms with Crippen LogP contribution in [0.2, 0.25) is 0 Å². The molecule has 1 aliphatic rings. The Bertz CT molecular complexity index is 329. The van der Waals surface area contributed by atoms with Crippen LogP contribution in [-0.2, 0) is 5.60 Å². The van der Waals surface area contributed by atoms with Crippen LogP contribution in [0.3, 0.4) is 0 Å². The van der Waals surface area contributed by atoms with Gasteiger partial charge in [0.15, 0.2) is 0 Å². The summed E-state index contributed by atoms with van der Waals surface area (Å²) in [5, 5.41) is 10.4. The van der Waals surface area contributed by atoms with E-state index in [2.05, 4.69) is 0 Å². The Labute approximate surface area is 84.7 Å². The fourth-order valence-electron chi connectivity index (χ4n) is 2.06. The first-order valence-electron chi connectivity index (χ1n) is 5.19. The third-order valence-corrected chi connectivity index (χ3v) is 3.37. The van der Waals surface area contributed by atoms with Gasteiger partial charge < -0.3 is 10.8 Å². The van der Waals surface area contributed by atoms with E-state index in [4.69, 9.17) is 5.73 Å². The Kier molecular flexibility index (Phi) is 2.23. The highest BCUT2D eigenvalue weighted by molar-refractivity contribution is 5.42. The summed E-state index contributed by atoms with van der Waals surface area (Å²) in [7, 11) is 0. The fraction of sp³-hybridized carbons (Fsp3) is 0.500. The van der Waals surface area contributed by atoms with E-state index in [-0.39, 0.29) is 0 Å². The number of hydrogen-bond acceptors (Lipinski definition) is 2. The van der Waals surface area contributed by atoms with E-state index < -0.39 is 5.60 Å². The van der Waals surface area contributed by atoms with Crippen molar-refractivity contribution in [2.75, 3.05) is 5.73 Å². The van der Waals surface area contributed by atoms with E-state index in [0.29, 0.717) is 5.92 Å². The normalized spacial score (nSPS) is 21.3. The van der Waals surface area contributed by atoms with Crippen molar-refractivity contribution in [2.24, 2.45) is 5.92 Å². The van der Waals surface area contributed by atoms with Crippen molar-refractivity contribution in [1.29, 1.82) is 0 Å². The fourth-order valence-corrected chi connectivity index (χ4v) is 2.06. The lowest BCUT2D eigenvalue weighted by molar-refractivity contribution is -0.0398. The lowest BCUT2D eigenvalue weighted by Crippen LogP contribution is -2.36. The number of anilines is 1. The van der Waals surface area contributed by atoms with Crippen molar-refractivity contribution < 1.29 is 5.11 Å². The molecule has 76 valence electrons. The molecule has 0 heterocycles. The molecule has 1 aliphatic carbocycles. The Morgan fingerprint density at radius 3 is 2.64 bits per heavy atom. The molecule has 1 aromatic carbocycles.